The van der Waals surface area contributed by atoms with Crippen LogP contribution in [-0.2, 0) is 0 Å². The van der Waals surface area contributed by atoms with Gasteiger partial charge in [-0.25, -0.2) is 13.6 Å². The number of hydrogen-bond acceptors (Lipinski definition) is 4. The molecular formula is C41H50F2N2O4. The SMILES string of the molecule is CCCN(CC1(O)CCC2C34C=CC5(C=C3C(=O)c3ccc(F)c(F)c3)CC(O)CCC5(C)C4CCC21C)C(=O)NC(C)c1ccccc1. The number of rotatable bonds is 8. The number of nitrogens with zero attached hydrogens (tertiary/aromatic N) is 1. The van der Waals surface area contributed by atoms with Crippen molar-refractivity contribution >= 4 is 11.8 Å². The molecule has 0 heterocycles. The van der Waals surface area contributed by atoms with E-state index in [2.05, 4.69) is 37.4 Å². The van der Waals surface area contributed by atoms with Gasteiger partial charge in [-0.1, -0.05) is 69.3 Å². The molecule has 2 bridgehead atoms. The number of ketones is 1. The standard InChI is InChI=1S/C41H50F2N2O4/c1-5-21-45(36(48)44-26(2)27-9-7-6-8-10-27)25-40(49)18-15-34-38(40,4)17-14-33-37(3)16-13-29(46)23-39(37)19-20-41(33,34)30(24-39)35(47)28-11-12-31(42)32(43)22-28/h6-12,19-20,22,24,26,29,33-34,46,49H,5,13-18,21,23,25H2,1-4H3,(H,44,48). The van der Waals surface area contributed by atoms with E-state index in [1.54, 1.807) is 4.90 Å². The average molecular weight is 673 g/mol. The zero-order valence-corrected chi connectivity index (χ0v) is 29.1. The van der Waals surface area contributed by atoms with Gasteiger partial charge < -0.3 is 20.4 Å². The summed E-state index contributed by atoms with van der Waals surface area (Å²) in [5.41, 5.74) is -1.65. The Bertz CT molecular complexity index is 1710. The Hall–Kier alpha value is -3.36. The molecule has 9 atom stereocenters. The second-order valence-corrected chi connectivity index (χ2v) is 16.3. The zero-order valence-electron chi connectivity index (χ0n) is 29.1. The van der Waals surface area contributed by atoms with Gasteiger partial charge in [-0.3, -0.25) is 4.79 Å². The van der Waals surface area contributed by atoms with Crippen molar-refractivity contribution in [2.75, 3.05) is 13.1 Å². The van der Waals surface area contributed by atoms with Crippen LogP contribution >= 0.6 is 0 Å². The monoisotopic (exact) mass is 672 g/mol. The molecular weight excluding hydrogens is 622 g/mol. The first-order valence-corrected chi connectivity index (χ1v) is 18.2. The molecule has 262 valence electrons. The Morgan fingerprint density at radius 3 is 2.37 bits per heavy atom. The van der Waals surface area contributed by atoms with Crippen molar-refractivity contribution in [3.05, 3.63) is 95.1 Å². The van der Waals surface area contributed by atoms with E-state index in [-0.39, 0.29) is 47.2 Å². The van der Waals surface area contributed by atoms with Crippen LogP contribution in [0.25, 0.3) is 0 Å². The lowest BCUT2D eigenvalue weighted by atomic mass is 9.32. The number of hydrogen-bond donors (Lipinski definition) is 3. The molecule has 3 N–H and O–H groups in total. The number of nitrogens with one attached hydrogen (secondary N) is 1. The van der Waals surface area contributed by atoms with E-state index in [4.69, 9.17) is 0 Å². The third-order valence-corrected chi connectivity index (χ3v) is 14.0. The molecule has 2 amide bonds. The van der Waals surface area contributed by atoms with Gasteiger partial charge in [0.15, 0.2) is 17.4 Å². The quantitative estimate of drug-likeness (QED) is 0.196. The number of fused-ring (bicyclic) bond motifs is 1. The van der Waals surface area contributed by atoms with Crippen molar-refractivity contribution in [1.82, 2.24) is 10.2 Å². The zero-order chi connectivity index (χ0) is 35.0. The molecule has 6 aliphatic rings. The van der Waals surface area contributed by atoms with E-state index in [9.17, 15) is 28.6 Å². The Kier molecular flexibility index (Phi) is 8.26. The van der Waals surface area contributed by atoms with Gasteiger partial charge in [0, 0.05) is 33.9 Å². The van der Waals surface area contributed by atoms with Gasteiger partial charge in [0.25, 0.3) is 0 Å². The first kappa shape index (κ1) is 34.1. The normalized spacial score (nSPS) is 37.8. The minimum absolute atomic E-state index is 0.0638. The Balaban J connectivity index is 1.27. The summed E-state index contributed by atoms with van der Waals surface area (Å²) in [6, 6.07) is 12.8. The third-order valence-electron chi connectivity index (χ3n) is 14.0. The van der Waals surface area contributed by atoms with Crippen LogP contribution in [0.4, 0.5) is 13.6 Å². The molecule has 3 saturated carbocycles. The van der Waals surface area contributed by atoms with Gasteiger partial charge in [0.2, 0.25) is 0 Å². The Morgan fingerprint density at radius 1 is 0.959 bits per heavy atom. The largest absolute Gasteiger partial charge is 0.393 e. The van der Waals surface area contributed by atoms with Crippen molar-refractivity contribution in [2.45, 2.75) is 96.8 Å². The highest BCUT2D eigenvalue weighted by Crippen LogP contribution is 2.78. The molecule has 8 rings (SSSR count). The van der Waals surface area contributed by atoms with Crippen molar-refractivity contribution in [1.29, 1.82) is 0 Å². The molecule has 0 saturated heterocycles. The van der Waals surface area contributed by atoms with Gasteiger partial charge in [0.1, 0.15) is 0 Å². The first-order chi connectivity index (χ1) is 23.2. The molecule has 0 radical (unpaired) electrons. The molecule has 49 heavy (non-hydrogen) atoms. The number of carbonyl (C=O) groups excluding carboxylic acids is 2. The second kappa shape index (κ2) is 11.9. The maximum absolute atomic E-state index is 14.6. The van der Waals surface area contributed by atoms with Gasteiger partial charge in [-0.15, -0.1) is 0 Å². The van der Waals surface area contributed by atoms with Crippen molar-refractivity contribution in [2.24, 2.45) is 33.5 Å². The average Bonchev–Trinajstić information content (AvgIpc) is 3.35. The Morgan fingerprint density at radius 2 is 1.65 bits per heavy atom. The molecule has 6 nitrogen and oxygen atoms in total. The summed E-state index contributed by atoms with van der Waals surface area (Å²) >= 11 is 0. The van der Waals surface area contributed by atoms with Gasteiger partial charge in [0.05, 0.1) is 24.3 Å². The predicted molar refractivity (Wildman–Crippen MR) is 184 cm³/mol. The van der Waals surface area contributed by atoms with E-state index in [0.717, 1.165) is 43.4 Å². The van der Waals surface area contributed by atoms with Crippen LogP contribution in [0, 0.1) is 45.1 Å². The van der Waals surface area contributed by atoms with E-state index in [1.807, 2.05) is 44.2 Å². The molecule has 6 aliphatic carbocycles. The molecule has 2 aromatic carbocycles. The van der Waals surface area contributed by atoms with Crippen LogP contribution in [0.15, 0.2) is 72.3 Å². The highest BCUT2D eigenvalue weighted by Gasteiger charge is 2.74. The summed E-state index contributed by atoms with van der Waals surface area (Å²) in [6.07, 6.45) is 11.4. The summed E-state index contributed by atoms with van der Waals surface area (Å²) in [5, 5.41) is 26.9. The fraction of sp³-hybridized carbons (Fsp3) is 0.561. The molecule has 3 fully saturated rings. The van der Waals surface area contributed by atoms with Gasteiger partial charge in [-0.2, -0.15) is 0 Å². The summed E-state index contributed by atoms with van der Waals surface area (Å²) in [6.45, 7) is 9.10. The number of aliphatic hydroxyl groups excluding tert-OH is 1. The molecule has 2 aromatic rings. The van der Waals surface area contributed by atoms with Crippen LogP contribution in [-0.4, -0.2) is 51.7 Å². The summed E-state index contributed by atoms with van der Waals surface area (Å²) in [5.74, 6) is -2.45. The lowest BCUT2D eigenvalue weighted by molar-refractivity contribution is -0.174. The topological polar surface area (TPSA) is 89.9 Å². The van der Waals surface area contributed by atoms with E-state index in [1.165, 1.54) is 6.07 Å². The van der Waals surface area contributed by atoms with Crippen molar-refractivity contribution in [3.8, 4) is 0 Å². The van der Waals surface area contributed by atoms with Crippen LogP contribution < -0.4 is 5.32 Å². The fourth-order valence-corrected chi connectivity index (χ4v) is 11.3. The highest BCUT2D eigenvalue weighted by atomic mass is 19.2. The lowest BCUT2D eigenvalue weighted by Gasteiger charge is -2.71. The summed E-state index contributed by atoms with van der Waals surface area (Å²) in [7, 11) is 0. The minimum Gasteiger partial charge on any atom is -0.393 e. The first-order valence-electron chi connectivity index (χ1n) is 18.2. The van der Waals surface area contributed by atoms with Crippen LogP contribution in [0.3, 0.4) is 0 Å². The number of urea groups is 1. The number of halogens is 2. The molecule has 9 unspecified atom stereocenters. The van der Waals surface area contributed by atoms with Crippen LogP contribution in [0.2, 0.25) is 0 Å². The number of carbonyl (C=O) groups is 2. The number of benzene rings is 2. The van der Waals surface area contributed by atoms with Gasteiger partial charge >= 0.3 is 6.03 Å². The summed E-state index contributed by atoms with van der Waals surface area (Å²) < 4.78 is 28.6. The van der Waals surface area contributed by atoms with Crippen molar-refractivity contribution < 1.29 is 28.6 Å². The molecule has 2 spiro atoms. The summed E-state index contributed by atoms with van der Waals surface area (Å²) in [4.78, 5) is 30.2. The fourth-order valence-electron chi connectivity index (χ4n) is 11.3. The number of allylic oxidation sites excluding steroid dienone is 4. The Labute approximate surface area is 288 Å². The van der Waals surface area contributed by atoms with E-state index in [0.29, 0.717) is 37.8 Å². The van der Waals surface area contributed by atoms with E-state index >= 15 is 0 Å². The number of aliphatic hydroxyl groups is 2. The minimum atomic E-state index is -1.21. The number of Topliss-reactive ketones (excluding diaryl/α,β-unsaturated/α-hetero) is 1. The molecule has 8 heteroatoms. The third kappa shape index (κ3) is 4.90. The lowest BCUT2D eigenvalue weighted by Crippen LogP contribution is -2.67. The molecule has 0 aliphatic heterocycles. The second-order valence-electron chi connectivity index (χ2n) is 16.3. The molecule has 0 aromatic heterocycles. The smallest absolute Gasteiger partial charge is 0.317 e. The van der Waals surface area contributed by atoms with Crippen LogP contribution in [0.5, 0.6) is 0 Å². The highest BCUT2D eigenvalue weighted by molar-refractivity contribution is 6.10. The van der Waals surface area contributed by atoms with Crippen LogP contribution in [0.1, 0.15) is 101 Å². The number of amides is 2. The van der Waals surface area contributed by atoms with Crippen molar-refractivity contribution in [3.63, 3.8) is 0 Å². The van der Waals surface area contributed by atoms with Gasteiger partial charge in [-0.05, 0) is 99.3 Å². The maximum Gasteiger partial charge on any atom is 0.317 e. The van der Waals surface area contributed by atoms with E-state index < -0.39 is 39.6 Å². The maximum atomic E-state index is 14.6. The predicted octanol–water partition coefficient (Wildman–Crippen LogP) is 7.92.